The first-order valence-corrected chi connectivity index (χ1v) is 10.1. The van der Waals surface area contributed by atoms with Crippen molar-refractivity contribution in [2.75, 3.05) is 0 Å². The normalized spacial score (nSPS) is 21.9. The van der Waals surface area contributed by atoms with Crippen molar-refractivity contribution in [2.24, 2.45) is 0 Å². The Morgan fingerprint density at radius 3 is 1.91 bits per heavy atom. The molecular formula is C18H25O3S-. The highest BCUT2D eigenvalue weighted by molar-refractivity contribution is 7.85. The van der Waals surface area contributed by atoms with Gasteiger partial charge in [-0.3, -0.25) is 0 Å². The van der Waals surface area contributed by atoms with Gasteiger partial charge in [0.25, 0.3) is 0 Å². The lowest BCUT2D eigenvalue weighted by Gasteiger charge is -2.27. The van der Waals surface area contributed by atoms with Gasteiger partial charge in [0, 0.05) is 0 Å². The number of rotatable bonds is 3. The van der Waals surface area contributed by atoms with Crippen LogP contribution in [0, 0.1) is 0 Å². The van der Waals surface area contributed by atoms with E-state index >= 15 is 0 Å². The molecule has 2 saturated carbocycles. The monoisotopic (exact) mass is 321 g/mol. The maximum atomic E-state index is 11.8. The Hall–Kier alpha value is -0.870. The molecule has 0 amide bonds. The Balaban J connectivity index is 1.96. The number of hydrogen-bond acceptors (Lipinski definition) is 3. The molecule has 2 fully saturated rings. The van der Waals surface area contributed by atoms with Crippen molar-refractivity contribution >= 4 is 10.1 Å². The highest BCUT2D eigenvalue weighted by atomic mass is 32.2. The third-order valence-electron chi connectivity index (χ3n) is 5.43. The second-order valence-electron chi connectivity index (χ2n) is 6.92. The van der Waals surface area contributed by atoms with E-state index in [4.69, 9.17) is 0 Å². The third-order valence-corrected chi connectivity index (χ3v) is 6.32. The van der Waals surface area contributed by atoms with E-state index in [1.807, 2.05) is 6.07 Å². The number of benzene rings is 1. The molecule has 2 aliphatic rings. The average Bonchev–Trinajstić information content (AvgIpc) is 2.55. The van der Waals surface area contributed by atoms with E-state index in [1.165, 1.54) is 25.7 Å². The lowest BCUT2D eigenvalue weighted by molar-refractivity contribution is 0.427. The zero-order chi connectivity index (χ0) is 15.6. The second kappa shape index (κ2) is 6.71. The van der Waals surface area contributed by atoms with Gasteiger partial charge in [0.2, 0.25) is 0 Å². The van der Waals surface area contributed by atoms with Gasteiger partial charge in [-0.05, 0) is 54.7 Å². The standard InChI is InChI=1S/C18H26O3S/c19-22(20,21)18-13-16(14-7-3-1-4-8-14)11-12-17(18)15-9-5-2-6-10-15/h11-15H,1-10H2,(H,19,20,21)/p-1. The Kier molecular flexibility index (Phi) is 4.88. The molecule has 0 aromatic heterocycles. The van der Waals surface area contributed by atoms with E-state index in [2.05, 4.69) is 6.07 Å². The van der Waals surface area contributed by atoms with Gasteiger partial charge < -0.3 is 4.55 Å². The molecule has 0 radical (unpaired) electrons. The highest BCUT2D eigenvalue weighted by Crippen LogP contribution is 2.39. The molecular weight excluding hydrogens is 296 g/mol. The third kappa shape index (κ3) is 3.54. The van der Waals surface area contributed by atoms with Gasteiger partial charge in [0.1, 0.15) is 10.1 Å². The summed E-state index contributed by atoms with van der Waals surface area (Å²) < 4.78 is 35.3. The van der Waals surface area contributed by atoms with Crippen LogP contribution in [0.4, 0.5) is 0 Å². The van der Waals surface area contributed by atoms with Crippen molar-refractivity contribution in [2.45, 2.75) is 80.9 Å². The summed E-state index contributed by atoms with van der Waals surface area (Å²) in [4.78, 5) is 0.0578. The van der Waals surface area contributed by atoms with Gasteiger partial charge in [-0.1, -0.05) is 50.7 Å². The highest BCUT2D eigenvalue weighted by Gasteiger charge is 2.23. The summed E-state index contributed by atoms with van der Waals surface area (Å²) in [7, 11) is -4.39. The first-order chi connectivity index (χ1) is 10.6. The van der Waals surface area contributed by atoms with E-state index in [1.54, 1.807) is 6.07 Å². The molecule has 0 aliphatic heterocycles. The van der Waals surface area contributed by atoms with E-state index in [9.17, 15) is 13.0 Å². The summed E-state index contributed by atoms with van der Waals surface area (Å²) in [5, 5.41) is 0. The minimum Gasteiger partial charge on any atom is -0.744 e. The van der Waals surface area contributed by atoms with Crippen LogP contribution in [0.2, 0.25) is 0 Å². The quantitative estimate of drug-likeness (QED) is 0.759. The molecule has 2 aliphatic carbocycles. The van der Waals surface area contributed by atoms with Crippen molar-refractivity contribution in [3.8, 4) is 0 Å². The van der Waals surface area contributed by atoms with Crippen LogP contribution in [-0.2, 0) is 10.1 Å². The van der Waals surface area contributed by atoms with Crippen LogP contribution >= 0.6 is 0 Å². The fourth-order valence-electron chi connectivity index (χ4n) is 4.21. The lowest BCUT2D eigenvalue weighted by atomic mass is 9.81. The smallest absolute Gasteiger partial charge is 0.124 e. The predicted octanol–water partition coefficient (Wildman–Crippen LogP) is 4.69. The lowest BCUT2D eigenvalue weighted by Crippen LogP contribution is -2.13. The summed E-state index contributed by atoms with van der Waals surface area (Å²) in [6, 6.07) is 5.71. The Labute approximate surface area is 133 Å². The summed E-state index contributed by atoms with van der Waals surface area (Å²) in [6.45, 7) is 0. The van der Waals surface area contributed by atoms with Gasteiger partial charge in [0.05, 0.1) is 4.90 Å². The van der Waals surface area contributed by atoms with Crippen molar-refractivity contribution in [1.29, 1.82) is 0 Å². The molecule has 0 unspecified atom stereocenters. The molecule has 3 rings (SSSR count). The topological polar surface area (TPSA) is 57.2 Å². The molecule has 4 heteroatoms. The maximum absolute atomic E-state index is 11.8. The van der Waals surface area contributed by atoms with Crippen molar-refractivity contribution < 1.29 is 13.0 Å². The van der Waals surface area contributed by atoms with Gasteiger partial charge >= 0.3 is 0 Å². The Morgan fingerprint density at radius 2 is 1.36 bits per heavy atom. The second-order valence-corrected chi connectivity index (χ2v) is 8.27. The average molecular weight is 321 g/mol. The van der Waals surface area contributed by atoms with E-state index < -0.39 is 10.1 Å². The van der Waals surface area contributed by atoms with E-state index in [0.717, 1.165) is 49.7 Å². The SMILES string of the molecule is O=S(=O)([O-])c1cc(C2CCCCC2)ccc1C1CCCCC1. The fraction of sp³-hybridized carbons (Fsp3) is 0.667. The van der Waals surface area contributed by atoms with Crippen molar-refractivity contribution in [3.05, 3.63) is 29.3 Å². The minimum atomic E-state index is -4.39. The van der Waals surface area contributed by atoms with Gasteiger partial charge in [-0.25, -0.2) is 8.42 Å². The zero-order valence-corrected chi connectivity index (χ0v) is 13.9. The van der Waals surface area contributed by atoms with Gasteiger partial charge in [0.15, 0.2) is 0 Å². The van der Waals surface area contributed by atoms with E-state index in [-0.39, 0.29) is 10.8 Å². The first kappa shape index (κ1) is 16.0. The molecule has 0 heterocycles. The molecule has 1 aromatic rings. The fourth-order valence-corrected chi connectivity index (χ4v) is 5.01. The Bertz CT molecular complexity index is 609. The van der Waals surface area contributed by atoms with Crippen LogP contribution in [0.1, 0.15) is 87.2 Å². The summed E-state index contributed by atoms with van der Waals surface area (Å²) in [6.07, 6.45) is 11.4. The predicted molar refractivity (Wildman–Crippen MR) is 86.1 cm³/mol. The molecule has 22 heavy (non-hydrogen) atoms. The van der Waals surface area contributed by atoms with Gasteiger partial charge in [-0.2, -0.15) is 0 Å². The molecule has 0 atom stereocenters. The minimum absolute atomic E-state index is 0.0578. The molecule has 3 nitrogen and oxygen atoms in total. The van der Waals surface area contributed by atoms with Gasteiger partial charge in [-0.15, -0.1) is 0 Å². The molecule has 1 aromatic carbocycles. The first-order valence-electron chi connectivity index (χ1n) is 8.65. The largest absolute Gasteiger partial charge is 0.744 e. The van der Waals surface area contributed by atoms with Crippen LogP contribution in [0.25, 0.3) is 0 Å². The molecule has 0 saturated heterocycles. The van der Waals surface area contributed by atoms with Crippen LogP contribution < -0.4 is 0 Å². The Morgan fingerprint density at radius 1 is 0.818 bits per heavy atom. The van der Waals surface area contributed by atoms with Crippen LogP contribution in [0.15, 0.2) is 23.1 Å². The summed E-state index contributed by atoms with van der Waals surface area (Å²) in [5.74, 6) is 0.669. The molecule has 0 spiro atoms. The summed E-state index contributed by atoms with van der Waals surface area (Å²) in [5.41, 5.74) is 1.82. The van der Waals surface area contributed by atoms with Crippen LogP contribution in [-0.4, -0.2) is 13.0 Å². The van der Waals surface area contributed by atoms with Crippen molar-refractivity contribution in [1.82, 2.24) is 0 Å². The van der Waals surface area contributed by atoms with E-state index in [0.29, 0.717) is 5.92 Å². The zero-order valence-electron chi connectivity index (χ0n) is 13.1. The van der Waals surface area contributed by atoms with Crippen molar-refractivity contribution in [3.63, 3.8) is 0 Å². The molecule has 122 valence electrons. The maximum Gasteiger partial charge on any atom is 0.124 e. The number of hydrogen-bond donors (Lipinski definition) is 0. The van der Waals surface area contributed by atoms with Crippen LogP contribution in [0.3, 0.4) is 0 Å². The molecule has 0 bridgehead atoms. The summed E-state index contributed by atoms with van der Waals surface area (Å²) >= 11 is 0. The molecule has 0 N–H and O–H groups in total. The van der Waals surface area contributed by atoms with Crippen LogP contribution in [0.5, 0.6) is 0 Å².